The average molecular weight is 392 g/mol. The van der Waals surface area contributed by atoms with Crippen LogP contribution in [-0.2, 0) is 0 Å². The summed E-state index contributed by atoms with van der Waals surface area (Å²) in [6.07, 6.45) is 2.17. The Labute approximate surface area is 133 Å². The van der Waals surface area contributed by atoms with E-state index in [1.165, 1.54) is 2.88 Å². The zero-order valence-corrected chi connectivity index (χ0v) is 14.7. The first-order chi connectivity index (χ1) is 8.99. The van der Waals surface area contributed by atoms with E-state index in [-0.39, 0.29) is 5.91 Å². The van der Waals surface area contributed by atoms with Gasteiger partial charge in [0.15, 0.2) is 0 Å². The molecule has 1 saturated heterocycles. The minimum absolute atomic E-state index is 0.169. The molecular weight excluding hydrogens is 371 g/mol. The van der Waals surface area contributed by atoms with E-state index in [0.717, 1.165) is 31.5 Å². The third-order valence-corrected chi connectivity index (χ3v) is 5.70. The fourth-order valence-electron chi connectivity index (χ4n) is 2.58. The standard InChI is InChI=1S/C14H21IN2OS/c1-10(2)17-6-4-12(5-7-17)16(3)14(18)11-8-13(15)19-9-11/h8-10,12H,4-7H2,1-3H3. The van der Waals surface area contributed by atoms with Crippen molar-refractivity contribution in [3.05, 3.63) is 19.9 Å². The molecule has 0 bridgehead atoms. The van der Waals surface area contributed by atoms with Crippen LogP contribution in [0.5, 0.6) is 0 Å². The maximum atomic E-state index is 12.4. The topological polar surface area (TPSA) is 23.6 Å². The van der Waals surface area contributed by atoms with Crippen LogP contribution in [0.3, 0.4) is 0 Å². The fraction of sp³-hybridized carbons (Fsp3) is 0.643. The van der Waals surface area contributed by atoms with Crippen LogP contribution in [0.15, 0.2) is 11.4 Å². The number of thiophene rings is 1. The monoisotopic (exact) mass is 392 g/mol. The van der Waals surface area contributed by atoms with Crippen LogP contribution in [0.25, 0.3) is 0 Å². The highest BCUT2D eigenvalue weighted by molar-refractivity contribution is 14.1. The van der Waals surface area contributed by atoms with Crippen molar-refractivity contribution in [3.8, 4) is 0 Å². The van der Waals surface area contributed by atoms with Crippen LogP contribution < -0.4 is 0 Å². The number of amides is 1. The summed E-state index contributed by atoms with van der Waals surface area (Å²) in [6, 6.07) is 2.98. The van der Waals surface area contributed by atoms with Crippen LogP contribution in [0, 0.1) is 2.88 Å². The summed E-state index contributed by atoms with van der Waals surface area (Å²) in [5.74, 6) is 0.169. The van der Waals surface area contributed by atoms with E-state index < -0.39 is 0 Å². The molecule has 0 radical (unpaired) electrons. The number of carbonyl (C=O) groups excluding carboxylic acids is 1. The number of rotatable bonds is 3. The molecule has 0 aromatic carbocycles. The van der Waals surface area contributed by atoms with E-state index in [4.69, 9.17) is 0 Å². The lowest BCUT2D eigenvalue weighted by atomic mass is 10.0. The van der Waals surface area contributed by atoms with Crippen LogP contribution >= 0.6 is 33.9 Å². The number of nitrogens with zero attached hydrogens (tertiary/aromatic N) is 2. The molecule has 2 heterocycles. The minimum atomic E-state index is 0.169. The van der Waals surface area contributed by atoms with Crippen molar-refractivity contribution in [3.63, 3.8) is 0 Å². The second kappa shape index (κ2) is 6.54. The van der Waals surface area contributed by atoms with Gasteiger partial charge in [0.05, 0.1) is 8.45 Å². The summed E-state index contributed by atoms with van der Waals surface area (Å²) >= 11 is 3.89. The van der Waals surface area contributed by atoms with E-state index in [2.05, 4.69) is 41.3 Å². The number of hydrogen-bond donors (Lipinski definition) is 0. The first-order valence-electron chi connectivity index (χ1n) is 6.74. The second-order valence-corrected chi connectivity index (χ2v) is 8.22. The van der Waals surface area contributed by atoms with Crippen molar-refractivity contribution in [1.29, 1.82) is 0 Å². The lowest BCUT2D eigenvalue weighted by Crippen LogP contribution is -2.47. The summed E-state index contributed by atoms with van der Waals surface area (Å²) in [7, 11) is 1.95. The van der Waals surface area contributed by atoms with Gasteiger partial charge in [-0.3, -0.25) is 4.79 Å². The molecule has 106 valence electrons. The van der Waals surface area contributed by atoms with Gasteiger partial charge in [-0.1, -0.05) is 0 Å². The van der Waals surface area contributed by atoms with Crippen molar-refractivity contribution in [1.82, 2.24) is 9.80 Å². The van der Waals surface area contributed by atoms with Gasteiger partial charge in [0.2, 0.25) is 0 Å². The second-order valence-electron chi connectivity index (χ2n) is 5.42. The molecule has 0 atom stereocenters. The predicted octanol–water partition coefficient (Wildman–Crippen LogP) is 3.30. The number of hydrogen-bond acceptors (Lipinski definition) is 3. The third-order valence-electron chi connectivity index (χ3n) is 3.91. The van der Waals surface area contributed by atoms with Gasteiger partial charge >= 0.3 is 0 Å². The molecule has 0 saturated carbocycles. The quantitative estimate of drug-likeness (QED) is 0.738. The summed E-state index contributed by atoms with van der Waals surface area (Å²) in [5, 5.41) is 1.96. The van der Waals surface area contributed by atoms with Crippen LogP contribution in [0.2, 0.25) is 0 Å². The molecule has 3 nitrogen and oxygen atoms in total. The van der Waals surface area contributed by atoms with E-state index in [9.17, 15) is 4.79 Å². The highest BCUT2D eigenvalue weighted by atomic mass is 127. The summed E-state index contributed by atoms with van der Waals surface area (Å²) in [4.78, 5) is 16.8. The van der Waals surface area contributed by atoms with E-state index in [1.807, 2.05) is 23.4 Å². The molecule has 0 N–H and O–H groups in total. The lowest BCUT2D eigenvalue weighted by molar-refractivity contribution is 0.0616. The van der Waals surface area contributed by atoms with Crippen LogP contribution in [-0.4, -0.2) is 47.9 Å². The minimum Gasteiger partial charge on any atom is -0.339 e. The molecular formula is C14H21IN2OS. The molecule has 1 aromatic heterocycles. The molecule has 19 heavy (non-hydrogen) atoms. The highest BCUT2D eigenvalue weighted by Crippen LogP contribution is 2.22. The zero-order valence-electron chi connectivity index (χ0n) is 11.7. The van der Waals surface area contributed by atoms with E-state index in [0.29, 0.717) is 12.1 Å². The summed E-state index contributed by atoms with van der Waals surface area (Å²) in [5.41, 5.74) is 0.836. The molecule has 5 heteroatoms. The largest absolute Gasteiger partial charge is 0.339 e. The Bertz CT molecular complexity index is 438. The van der Waals surface area contributed by atoms with Gasteiger partial charge in [-0.15, -0.1) is 11.3 Å². The van der Waals surface area contributed by atoms with Crippen LogP contribution in [0.1, 0.15) is 37.0 Å². The lowest BCUT2D eigenvalue weighted by Gasteiger charge is -2.38. The maximum Gasteiger partial charge on any atom is 0.254 e. The van der Waals surface area contributed by atoms with Gasteiger partial charge in [-0.2, -0.15) is 0 Å². The van der Waals surface area contributed by atoms with Gasteiger partial charge in [-0.25, -0.2) is 0 Å². The Hall–Kier alpha value is -0.140. The molecule has 2 rings (SSSR count). The molecule has 1 aliphatic heterocycles. The van der Waals surface area contributed by atoms with Crippen molar-refractivity contribution >= 4 is 39.8 Å². The predicted molar refractivity (Wildman–Crippen MR) is 88.9 cm³/mol. The Morgan fingerprint density at radius 1 is 1.47 bits per heavy atom. The van der Waals surface area contributed by atoms with Gasteiger partial charge in [0.1, 0.15) is 0 Å². The molecule has 1 aliphatic rings. The smallest absolute Gasteiger partial charge is 0.254 e. The molecule has 1 aromatic rings. The zero-order chi connectivity index (χ0) is 14.0. The van der Waals surface area contributed by atoms with Crippen molar-refractivity contribution < 1.29 is 4.79 Å². The number of likely N-dealkylation sites (tertiary alicyclic amines) is 1. The summed E-state index contributed by atoms with van der Waals surface area (Å²) in [6.45, 7) is 6.67. The number of carbonyl (C=O) groups is 1. The van der Waals surface area contributed by atoms with Gasteiger partial charge in [-0.05, 0) is 55.3 Å². The van der Waals surface area contributed by atoms with Crippen LogP contribution in [0.4, 0.5) is 0 Å². The first-order valence-corrected chi connectivity index (χ1v) is 8.70. The molecule has 0 aliphatic carbocycles. The van der Waals surface area contributed by atoms with Gasteiger partial charge < -0.3 is 9.80 Å². The Morgan fingerprint density at radius 2 is 2.11 bits per heavy atom. The van der Waals surface area contributed by atoms with Crippen molar-refractivity contribution in [2.45, 2.75) is 38.8 Å². The van der Waals surface area contributed by atoms with Crippen molar-refractivity contribution in [2.24, 2.45) is 0 Å². The fourth-order valence-corrected chi connectivity index (χ4v) is 3.90. The van der Waals surface area contributed by atoms with E-state index >= 15 is 0 Å². The molecule has 1 fully saturated rings. The molecule has 0 spiro atoms. The summed E-state index contributed by atoms with van der Waals surface area (Å²) < 4.78 is 1.17. The Balaban J connectivity index is 1.94. The maximum absolute atomic E-state index is 12.4. The number of piperidine rings is 1. The average Bonchev–Trinajstić information content (AvgIpc) is 2.84. The Kier molecular flexibility index (Phi) is 5.25. The highest BCUT2D eigenvalue weighted by Gasteiger charge is 2.27. The first kappa shape index (κ1) is 15.3. The van der Waals surface area contributed by atoms with E-state index in [1.54, 1.807) is 11.3 Å². The molecule has 0 unspecified atom stereocenters. The normalized spacial score (nSPS) is 17.9. The van der Waals surface area contributed by atoms with Gasteiger partial charge in [0, 0.05) is 37.6 Å². The Morgan fingerprint density at radius 3 is 2.58 bits per heavy atom. The number of halogens is 1. The molecule has 1 amide bonds. The SMILES string of the molecule is CC(C)N1CCC(N(C)C(=O)c2csc(I)c2)CC1. The third kappa shape index (κ3) is 3.70. The van der Waals surface area contributed by atoms with Gasteiger partial charge in [0.25, 0.3) is 5.91 Å². The van der Waals surface area contributed by atoms with Crippen molar-refractivity contribution in [2.75, 3.05) is 20.1 Å².